The highest BCUT2D eigenvalue weighted by atomic mass is 16.2. The molecule has 0 bridgehead atoms. The lowest BCUT2D eigenvalue weighted by atomic mass is 9.91. The van der Waals surface area contributed by atoms with Crippen molar-refractivity contribution in [3.05, 3.63) is 70.8 Å². The Kier molecular flexibility index (Phi) is 5.30. The molecule has 1 atom stereocenters. The highest BCUT2D eigenvalue weighted by Gasteiger charge is 2.38. The molecule has 5 heteroatoms. The molecular weight excluding hydrogens is 374 g/mol. The van der Waals surface area contributed by atoms with Crippen LogP contribution in [0.4, 0.5) is 0 Å². The Morgan fingerprint density at radius 2 is 1.53 bits per heavy atom. The van der Waals surface area contributed by atoms with Crippen molar-refractivity contribution >= 4 is 11.8 Å². The number of benzene rings is 2. The Labute approximate surface area is 178 Å². The zero-order valence-corrected chi connectivity index (χ0v) is 17.3. The molecule has 1 N–H and O–H groups in total. The molecule has 2 aromatic carbocycles. The van der Waals surface area contributed by atoms with Crippen molar-refractivity contribution in [2.45, 2.75) is 44.2 Å². The monoisotopic (exact) mass is 403 g/mol. The first kappa shape index (κ1) is 19.3. The largest absolute Gasteiger partial charge is 0.351 e. The molecule has 1 fully saturated rings. The third-order valence-corrected chi connectivity index (χ3v) is 6.82. The van der Waals surface area contributed by atoms with E-state index in [1.807, 2.05) is 29.2 Å². The standard InChI is InChI=1S/C25H29N3O2/c29-23-17-20-9-3-4-10-22(20)24(28(23)14-13-27-11-5-6-12-27)25(30)26-21-15-18-7-1-2-8-19(18)16-21/h1-4,7-10,21,24H,5-6,11-17H2,(H,26,30). The summed E-state index contributed by atoms with van der Waals surface area (Å²) in [7, 11) is 0. The Morgan fingerprint density at radius 3 is 2.23 bits per heavy atom. The van der Waals surface area contributed by atoms with E-state index >= 15 is 0 Å². The van der Waals surface area contributed by atoms with Gasteiger partial charge < -0.3 is 15.1 Å². The minimum absolute atomic E-state index is 0.0465. The van der Waals surface area contributed by atoms with Gasteiger partial charge in [-0.15, -0.1) is 0 Å². The first-order valence-corrected chi connectivity index (χ1v) is 11.2. The molecular formula is C25H29N3O2. The summed E-state index contributed by atoms with van der Waals surface area (Å²) in [6, 6.07) is 15.9. The van der Waals surface area contributed by atoms with Crippen LogP contribution in [0.25, 0.3) is 0 Å². The molecule has 2 aliphatic heterocycles. The number of carbonyl (C=O) groups is 2. The minimum atomic E-state index is -0.534. The lowest BCUT2D eigenvalue weighted by Crippen LogP contribution is -2.51. The number of likely N-dealkylation sites (tertiary alicyclic amines) is 1. The Hall–Kier alpha value is -2.66. The SMILES string of the molecule is O=C(NC1Cc2ccccc2C1)C1c2ccccc2CC(=O)N1CCN1CCCC1. The van der Waals surface area contributed by atoms with Crippen LogP contribution in [-0.2, 0) is 28.9 Å². The minimum Gasteiger partial charge on any atom is -0.351 e. The van der Waals surface area contributed by atoms with Gasteiger partial charge in [-0.25, -0.2) is 0 Å². The molecule has 5 rings (SSSR count). The maximum atomic E-state index is 13.5. The summed E-state index contributed by atoms with van der Waals surface area (Å²) in [6.07, 6.45) is 4.55. The highest BCUT2D eigenvalue weighted by molar-refractivity contribution is 5.92. The molecule has 2 heterocycles. The number of amides is 2. The summed E-state index contributed by atoms with van der Waals surface area (Å²) in [6.45, 7) is 3.63. The Balaban J connectivity index is 1.35. The van der Waals surface area contributed by atoms with Gasteiger partial charge in [0.2, 0.25) is 11.8 Å². The van der Waals surface area contributed by atoms with Crippen LogP contribution in [0.2, 0.25) is 0 Å². The van der Waals surface area contributed by atoms with Crippen molar-refractivity contribution in [2.75, 3.05) is 26.2 Å². The zero-order chi connectivity index (χ0) is 20.5. The van der Waals surface area contributed by atoms with E-state index < -0.39 is 6.04 Å². The number of fused-ring (bicyclic) bond motifs is 2. The maximum absolute atomic E-state index is 13.5. The molecule has 1 aliphatic carbocycles. The molecule has 30 heavy (non-hydrogen) atoms. The summed E-state index contributed by atoms with van der Waals surface area (Å²) in [5, 5.41) is 3.27. The number of hydrogen-bond acceptors (Lipinski definition) is 3. The second kappa shape index (κ2) is 8.23. The van der Waals surface area contributed by atoms with Gasteiger partial charge in [-0.2, -0.15) is 0 Å². The van der Waals surface area contributed by atoms with Crippen molar-refractivity contribution < 1.29 is 9.59 Å². The fourth-order valence-electron chi connectivity index (χ4n) is 5.27. The van der Waals surface area contributed by atoms with E-state index in [1.165, 1.54) is 24.0 Å². The normalized spacial score (nSPS) is 21.5. The van der Waals surface area contributed by atoms with Gasteiger partial charge in [0.1, 0.15) is 6.04 Å². The van der Waals surface area contributed by atoms with E-state index in [1.54, 1.807) is 0 Å². The lowest BCUT2D eigenvalue weighted by Gasteiger charge is -2.37. The highest BCUT2D eigenvalue weighted by Crippen LogP contribution is 2.31. The fraction of sp³-hybridized carbons (Fsp3) is 0.440. The van der Waals surface area contributed by atoms with Gasteiger partial charge in [-0.1, -0.05) is 48.5 Å². The van der Waals surface area contributed by atoms with Crippen LogP contribution in [0.3, 0.4) is 0 Å². The topological polar surface area (TPSA) is 52.7 Å². The average Bonchev–Trinajstić information content (AvgIpc) is 3.40. The third kappa shape index (κ3) is 3.74. The van der Waals surface area contributed by atoms with Gasteiger partial charge in [0.15, 0.2) is 0 Å². The maximum Gasteiger partial charge on any atom is 0.247 e. The van der Waals surface area contributed by atoms with E-state index in [-0.39, 0.29) is 17.9 Å². The summed E-state index contributed by atoms with van der Waals surface area (Å²) in [4.78, 5) is 30.7. The van der Waals surface area contributed by atoms with Crippen LogP contribution >= 0.6 is 0 Å². The summed E-state index contributed by atoms with van der Waals surface area (Å²) < 4.78 is 0. The molecule has 1 saturated heterocycles. The lowest BCUT2D eigenvalue weighted by molar-refractivity contribution is -0.142. The average molecular weight is 404 g/mol. The molecule has 5 nitrogen and oxygen atoms in total. The second-order valence-corrected chi connectivity index (χ2v) is 8.80. The van der Waals surface area contributed by atoms with E-state index in [9.17, 15) is 9.59 Å². The molecule has 0 saturated carbocycles. The van der Waals surface area contributed by atoms with Crippen molar-refractivity contribution in [1.82, 2.24) is 15.1 Å². The number of hydrogen-bond donors (Lipinski definition) is 1. The number of rotatable bonds is 5. The van der Waals surface area contributed by atoms with Crippen LogP contribution in [-0.4, -0.2) is 53.8 Å². The third-order valence-electron chi connectivity index (χ3n) is 6.82. The smallest absolute Gasteiger partial charge is 0.247 e. The van der Waals surface area contributed by atoms with E-state index in [2.05, 4.69) is 34.5 Å². The van der Waals surface area contributed by atoms with Gasteiger partial charge >= 0.3 is 0 Å². The quantitative estimate of drug-likeness (QED) is 0.835. The molecule has 2 aromatic rings. The first-order valence-electron chi connectivity index (χ1n) is 11.2. The number of nitrogens with zero attached hydrogens (tertiary/aromatic N) is 2. The van der Waals surface area contributed by atoms with E-state index in [0.717, 1.165) is 43.6 Å². The van der Waals surface area contributed by atoms with E-state index in [0.29, 0.717) is 13.0 Å². The Morgan fingerprint density at radius 1 is 0.900 bits per heavy atom. The first-order chi connectivity index (χ1) is 14.7. The van der Waals surface area contributed by atoms with Crippen LogP contribution in [0.1, 0.15) is 41.1 Å². The zero-order valence-electron chi connectivity index (χ0n) is 17.3. The summed E-state index contributed by atoms with van der Waals surface area (Å²) >= 11 is 0. The van der Waals surface area contributed by atoms with Crippen LogP contribution in [0.15, 0.2) is 48.5 Å². The van der Waals surface area contributed by atoms with Gasteiger partial charge in [0, 0.05) is 19.1 Å². The molecule has 2 amide bonds. The molecule has 0 radical (unpaired) electrons. The summed E-state index contributed by atoms with van der Waals surface area (Å²) in [5.74, 6) is 0.0116. The van der Waals surface area contributed by atoms with Crippen LogP contribution in [0, 0.1) is 0 Å². The molecule has 1 unspecified atom stereocenters. The number of nitrogens with one attached hydrogen (secondary N) is 1. The molecule has 0 spiro atoms. The summed E-state index contributed by atoms with van der Waals surface area (Å²) in [5.41, 5.74) is 4.59. The molecule has 0 aromatic heterocycles. The van der Waals surface area contributed by atoms with Crippen molar-refractivity contribution in [3.63, 3.8) is 0 Å². The van der Waals surface area contributed by atoms with Gasteiger partial charge in [0.05, 0.1) is 6.42 Å². The van der Waals surface area contributed by atoms with Crippen LogP contribution in [0.5, 0.6) is 0 Å². The van der Waals surface area contributed by atoms with Crippen LogP contribution < -0.4 is 5.32 Å². The van der Waals surface area contributed by atoms with Gasteiger partial charge in [-0.3, -0.25) is 9.59 Å². The predicted octanol–water partition coefficient (Wildman–Crippen LogP) is 2.49. The van der Waals surface area contributed by atoms with E-state index in [4.69, 9.17) is 0 Å². The second-order valence-electron chi connectivity index (χ2n) is 8.80. The van der Waals surface area contributed by atoms with Crippen molar-refractivity contribution in [2.24, 2.45) is 0 Å². The fourth-order valence-corrected chi connectivity index (χ4v) is 5.27. The van der Waals surface area contributed by atoms with Gasteiger partial charge in [-0.05, 0) is 61.0 Å². The molecule has 3 aliphatic rings. The van der Waals surface area contributed by atoms with Crippen molar-refractivity contribution in [1.29, 1.82) is 0 Å². The number of carbonyl (C=O) groups excluding carboxylic acids is 2. The molecule has 156 valence electrons. The predicted molar refractivity (Wildman–Crippen MR) is 116 cm³/mol. The Bertz CT molecular complexity index is 926. The van der Waals surface area contributed by atoms with Crippen molar-refractivity contribution in [3.8, 4) is 0 Å². The van der Waals surface area contributed by atoms with Gasteiger partial charge in [0.25, 0.3) is 0 Å².